The number of halogens is 3. The molecule has 0 saturated carbocycles. The number of aromatic nitrogens is 2. The maximum absolute atomic E-state index is 12.9. The number of anilines is 1. The largest absolute Gasteiger partial charge is 0.417 e. The van der Waals surface area contributed by atoms with Gasteiger partial charge in [-0.25, -0.2) is 0 Å². The van der Waals surface area contributed by atoms with E-state index in [0.717, 1.165) is 29.2 Å². The molecule has 1 heterocycles. The molecule has 0 aliphatic rings. The quantitative estimate of drug-likeness (QED) is 0.608. The van der Waals surface area contributed by atoms with Crippen molar-refractivity contribution < 1.29 is 28.0 Å². The lowest BCUT2D eigenvalue weighted by Crippen LogP contribution is -2.31. The van der Waals surface area contributed by atoms with Crippen molar-refractivity contribution in [2.45, 2.75) is 18.8 Å². The molecule has 0 saturated heterocycles. The molecular weight excluding hydrogens is 359 g/mol. The lowest BCUT2D eigenvalue weighted by atomic mass is 10.1. The molecular formula is C14H10F3N5O4. The molecule has 26 heavy (non-hydrogen) atoms. The molecule has 2 aromatic rings. The molecule has 12 heteroatoms. The van der Waals surface area contributed by atoms with E-state index in [0.29, 0.717) is 6.07 Å². The first kappa shape index (κ1) is 18.9. The number of aliphatic hydroxyl groups is 1. The van der Waals surface area contributed by atoms with E-state index in [1.807, 2.05) is 0 Å². The van der Waals surface area contributed by atoms with Crippen molar-refractivity contribution >= 4 is 17.3 Å². The summed E-state index contributed by atoms with van der Waals surface area (Å²) in [5, 5.41) is 34.7. The van der Waals surface area contributed by atoms with Gasteiger partial charge in [-0.15, -0.1) is 0 Å². The fourth-order valence-electron chi connectivity index (χ4n) is 1.99. The number of hydrogen-bond donors (Lipinski definition) is 2. The molecule has 0 unspecified atom stereocenters. The predicted molar refractivity (Wildman–Crippen MR) is 79.7 cm³/mol. The van der Waals surface area contributed by atoms with Gasteiger partial charge in [-0.3, -0.25) is 19.6 Å². The summed E-state index contributed by atoms with van der Waals surface area (Å²) in [6.07, 6.45) is -4.61. The summed E-state index contributed by atoms with van der Waals surface area (Å²) in [4.78, 5) is 21.7. The molecule has 9 nitrogen and oxygen atoms in total. The number of carbonyl (C=O) groups is 1. The monoisotopic (exact) mass is 369 g/mol. The van der Waals surface area contributed by atoms with E-state index in [2.05, 4.69) is 10.4 Å². The van der Waals surface area contributed by atoms with Gasteiger partial charge in [0.1, 0.15) is 12.4 Å². The van der Waals surface area contributed by atoms with Gasteiger partial charge in [0.15, 0.2) is 6.10 Å². The van der Waals surface area contributed by atoms with Crippen LogP contribution in [-0.4, -0.2) is 31.8 Å². The van der Waals surface area contributed by atoms with E-state index >= 15 is 0 Å². The Balaban J connectivity index is 2.11. The van der Waals surface area contributed by atoms with Crippen molar-refractivity contribution in [2.24, 2.45) is 0 Å². The minimum atomic E-state index is -4.79. The van der Waals surface area contributed by atoms with Crippen LogP contribution in [-0.2, 0) is 17.5 Å². The standard InChI is InChI=1S/C14H10F3N5O4/c15-14(16,17)11-3-9(2-1-8(11)4-18)20-13(24)12(23)7-21-6-10(5-19-21)22(25)26/h1-3,5-6,12,23H,7H2,(H,20,24)/t12-/m0/s1. The number of nitriles is 1. The number of rotatable bonds is 5. The Bertz CT molecular complexity index is 887. The highest BCUT2D eigenvalue weighted by Crippen LogP contribution is 2.33. The fraction of sp³-hybridized carbons (Fsp3) is 0.214. The first-order valence-corrected chi connectivity index (χ1v) is 6.89. The normalized spacial score (nSPS) is 12.3. The molecule has 0 radical (unpaired) electrons. The topological polar surface area (TPSA) is 134 Å². The number of aliphatic hydroxyl groups excluding tert-OH is 1. The average Bonchev–Trinajstić information content (AvgIpc) is 3.02. The number of hydrogen-bond acceptors (Lipinski definition) is 6. The number of carbonyl (C=O) groups excluding carboxylic acids is 1. The molecule has 0 aliphatic heterocycles. The molecule has 0 bridgehead atoms. The van der Waals surface area contributed by atoms with Gasteiger partial charge in [-0.05, 0) is 18.2 Å². The number of amides is 1. The van der Waals surface area contributed by atoms with Crippen LogP contribution in [0.15, 0.2) is 30.6 Å². The third-order valence-corrected chi connectivity index (χ3v) is 3.21. The number of alkyl halides is 3. The van der Waals surface area contributed by atoms with Gasteiger partial charge in [-0.2, -0.15) is 23.5 Å². The van der Waals surface area contributed by atoms with E-state index in [4.69, 9.17) is 5.26 Å². The van der Waals surface area contributed by atoms with Crippen molar-refractivity contribution in [3.8, 4) is 6.07 Å². The molecule has 2 rings (SSSR count). The summed E-state index contributed by atoms with van der Waals surface area (Å²) in [6.45, 7) is -0.442. The van der Waals surface area contributed by atoms with E-state index in [9.17, 15) is 33.2 Å². The smallest absolute Gasteiger partial charge is 0.381 e. The third kappa shape index (κ3) is 4.33. The summed E-state index contributed by atoms with van der Waals surface area (Å²) in [5.74, 6) is -1.04. The maximum atomic E-state index is 12.9. The van der Waals surface area contributed by atoms with Crippen LogP contribution in [0, 0.1) is 21.4 Å². The number of nitro groups is 1. The zero-order valence-electron chi connectivity index (χ0n) is 12.8. The molecule has 136 valence electrons. The highest BCUT2D eigenvalue weighted by molar-refractivity contribution is 5.94. The minimum absolute atomic E-state index is 0.271. The predicted octanol–water partition coefficient (Wildman–Crippen LogP) is 1.68. The molecule has 1 aromatic heterocycles. The van der Waals surface area contributed by atoms with Gasteiger partial charge < -0.3 is 10.4 Å². The third-order valence-electron chi connectivity index (χ3n) is 3.21. The first-order chi connectivity index (χ1) is 12.1. The van der Waals surface area contributed by atoms with Gasteiger partial charge in [0, 0.05) is 5.69 Å². The maximum Gasteiger partial charge on any atom is 0.417 e. The van der Waals surface area contributed by atoms with Crippen molar-refractivity contribution in [2.75, 3.05) is 5.32 Å². The van der Waals surface area contributed by atoms with Crippen LogP contribution in [0.3, 0.4) is 0 Å². The molecule has 2 N–H and O–H groups in total. The van der Waals surface area contributed by atoms with Gasteiger partial charge in [0.2, 0.25) is 0 Å². The van der Waals surface area contributed by atoms with Crippen LogP contribution in [0.4, 0.5) is 24.5 Å². The second-order valence-electron chi connectivity index (χ2n) is 5.05. The molecule has 1 aromatic carbocycles. The molecule has 0 aliphatic carbocycles. The Morgan fingerprint density at radius 2 is 2.19 bits per heavy atom. The van der Waals surface area contributed by atoms with Crippen LogP contribution in [0.1, 0.15) is 11.1 Å². The van der Waals surface area contributed by atoms with Crippen LogP contribution in [0.25, 0.3) is 0 Å². The number of benzene rings is 1. The molecule has 1 atom stereocenters. The van der Waals surface area contributed by atoms with E-state index in [1.165, 1.54) is 6.07 Å². The average molecular weight is 369 g/mol. The van der Waals surface area contributed by atoms with Crippen molar-refractivity contribution in [1.82, 2.24) is 9.78 Å². The van der Waals surface area contributed by atoms with Gasteiger partial charge in [0.25, 0.3) is 5.91 Å². The Labute approximate surface area is 143 Å². The van der Waals surface area contributed by atoms with Crippen molar-refractivity contribution in [1.29, 1.82) is 5.26 Å². The van der Waals surface area contributed by atoms with Crippen LogP contribution in [0.2, 0.25) is 0 Å². The van der Waals surface area contributed by atoms with E-state index in [-0.39, 0.29) is 11.4 Å². The van der Waals surface area contributed by atoms with Crippen LogP contribution >= 0.6 is 0 Å². The van der Waals surface area contributed by atoms with E-state index in [1.54, 1.807) is 0 Å². The minimum Gasteiger partial charge on any atom is -0.381 e. The molecule has 0 fully saturated rings. The van der Waals surface area contributed by atoms with Gasteiger partial charge in [0.05, 0.1) is 28.7 Å². The Morgan fingerprint density at radius 3 is 2.73 bits per heavy atom. The highest BCUT2D eigenvalue weighted by atomic mass is 19.4. The summed E-state index contributed by atoms with van der Waals surface area (Å²) < 4.78 is 39.6. The zero-order chi connectivity index (χ0) is 19.5. The van der Waals surface area contributed by atoms with E-state index < -0.39 is 40.8 Å². The second-order valence-corrected chi connectivity index (χ2v) is 5.05. The Hall–Kier alpha value is -3.46. The second kappa shape index (κ2) is 7.19. The zero-order valence-corrected chi connectivity index (χ0v) is 12.8. The first-order valence-electron chi connectivity index (χ1n) is 6.89. The van der Waals surface area contributed by atoms with Crippen molar-refractivity contribution in [3.63, 3.8) is 0 Å². The molecule has 0 spiro atoms. The fourth-order valence-corrected chi connectivity index (χ4v) is 1.99. The summed E-state index contributed by atoms with van der Waals surface area (Å²) in [6, 6.07) is 3.94. The lowest BCUT2D eigenvalue weighted by Gasteiger charge is -2.14. The highest BCUT2D eigenvalue weighted by Gasteiger charge is 2.34. The summed E-state index contributed by atoms with van der Waals surface area (Å²) >= 11 is 0. The summed E-state index contributed by atoms with van der Waals surface area (Å²) in [7, 11) is 0. The lowest BCUT2D eigenvalue weighted by molar-refractivity contribution is -0.385. The van der Waals surface area contributed by atoms with Gasteiger partial charge in [-0.1, -0.05) is 0 Å². The van der Waals surface area contributed by atoms with Crippen LogP contribution < -0.4 is 5.32 Å². The Morgan fingerprint density at radius 1 is 1.50 bits per heavy atom. The number of nitrogens with one attached hydrogen (secondary N) is 1. The Kier molecular flexibility index (Phi) is 5.22. The molecule has 1 amide bonds. The van der Waals surface area contributed by atoms with Gasteiger partial charge >= 0.3 is 11.9 Å². The number of nitrogens with zero attached hydrogens (tertiary/aromatic N) is 4. The summed E-state index contributed by atoms with van der Waals surface area (Å²) in [5.41, 5.74) is -2.46. The van der Waals surface area contributed by atoms with Crippen molar-refractivity contribution in [3.05, 3.63) is 51.8 Å². The SMILES string of the molecule is N#Cc1ccc(NC(=O)[C@@H](O)Cn2cc([N+](=O)[O-])cn2)cc1C(F)(F)F. The van der Waals surface area contributed by atoms with Crippen LogP contribution in [0.5, 0.6) is 0 Å².